The maximum atomic E-state index is 3.10. The van der Waals surface area contributed by atoms with Gasteiger partial charge in [0, 0.05) is 0 Å². The first-order valence-corrected chi connectivity index (χ1v) is 5.08. The van der Waals surface area contributed by atoms with Crippen LogP contribution in [0.5, 0.6) is 0 Å². The standard InChI is InChI=1S/C14H14/c1-2-12-7-6-10-13-8-4-3-5-9-14(13)11-12/h4-10H,2,11H2,1H3. The van der Waals surface area contributed by atoms with Crippen molar-refractivity contribution in [2.24, 2.45) is 0 Å². The van der Waals surface area contributed by atoms with Crippen LogP contribution in [0.2, 0.25) is 0 Å². The molecule has 0 aliphatic heterocycles. The highest BCUT2D eigenvalue weighted by Gasteiger charge is 2.07. The molecule has 2 aliphatic carbocycles. The van der Waals surface area contributed by atoms with Crippen molar-refractivity contribution < 1.29 is 0 Å². The van der Waals surface area contributed by atoms with E-state index in [4.69, 9.17) is 0 Å². The average Bonchev–Trinajstić information content (AvgIpc) is 2.50. The Morgan fingerprint density at radius 3 is 2.93 bits per heavy atom. The van der Waals surface area contributed by atoms with Crippen LogP contribution in [0.4, 0.5) is 0 Å². The van der Waals surface area contributed by atoms with E-state index in [0.29, 0.717) is 0 Å². The quantitative estimate of drug-likeness (QED) is 0.540. The van der Waals surface area contributed by atoms with Crippen LogP contribution < -0.4 is 0 Å². The van der Waals surface area contributed by atoms with Crippen molar-refractivity contribution >= 4 is 0 Å². The first kappa shape index (κ1) is 9.05. The molecule has 0 saturated heterocycles. The first-order valence-electron chi connectivity index (χ1n) is 5.08. The molecule has 14 heavy (non-hydrogen) atoms. The summed E-state index contributed by atoms with van der Waals surface area (Å²) in [6.45, 7) is 2.21. The Hall–Kier alpha value is -1.52. The molecule has 2 aliphatic rings. The normalized spacial score (nSPS) is 19.1. The van der Waals surface area contributed by atoms with E-state index < -0.39 is 0 Å². The molecular formula is C14H14. The Bertz CT molecular complexity index is 405. The molecule has 0 radical (unpaired) electrons. The molecule has 0 N–H and O–H groups in total. The van der Waals surface area contributed by atoms with Crippen molar-refractivity contribution in [3.8, 4) is 0 Å². The third kappa shape index (κ3) is 1.86. The fourth-order valence-electron chi connectivity index (χ4n) is 1.70. The summed E-state index contributed by atoms with van der Waals surface area (Å²) in [5.41, 5.74) is 7.30. The topological polar surface area (TPSA) is 0 Å². The molecule has 0 atom stereocenters. The van der Waals surface area contributed by atoms with E-state index in [9.17, 15) is 0 Å². The van der Waals surface area contributed by atoms with Crippen LogP contribution in [0, 0.1) is 0 Å². The maximum Gasteiger partial charge on any atom is -0.00579 e. The predicted molar refractivity (Wildman–Crippen MR) is 61.0 cm³/mol. The van der Waals surface area contributed by atoms with Crippen molar-refractivity contribution in [2.75, 3.05) is 0 Å². The minimum atomic E-state index is 1.07. The molecule has 0 aromatic rings. The van der Waals surface area contributed by atoms with Gasteiger partial charge in [0.2, 0.25) is 0 Å². The van der Waals surface area contributed by atoms with Gasteiger partial charge in [-0.3, -0.25) is 0 Å². The fourth-order valence-corrected chi connectivity index (χ4v) is 1.70. The molecule has 0 nitrogen and oxygen atoms in total. The summed E-state index contributed by atoms with van der Waals surface area (Å²) in [7, 11) is 0. The zero-order valence-corrected chi connectivity index (χ0v) is 8.46. The van der Waals surface area contributed by atoms with Crippen molar-refractivity contribution in [1.82, 2.24) is 0 Å². The van der Waals surface area contributed by atoms with Crippen LogP contribution in [-0.4, -0.2) is 0 Å². The molecule has 70 valence electrons. The lowest BCUT2D eigenvalue weighted by molar-refractivity contribution is 1.01. The molecule has 0 saturated carbocycles. The van der Waals surface area contributed by atoms with Crippen LogP contribution in [0.3, 0.4) is 0 Å². The number of allylic oxidation sites excluding steroid dienone is 9. The van der Waals surface area contributed by atoms with Gasteiger partial charge in [-0.25, -0.2) is 0 Å². The van der Waals surface area contributed by atoms with Gasteiger partial charge in [0.1, 0.15) is 0 Å². The summed E-state index contributed by atoms with van der Waals surface area (Å²) in [5, 5.41) is 0. The van der Waals surface area contributed by atoms with E-state index in [1.807, 2.05) is 12.2 Å². The van der Waals surface area contributed by atoms with Crippen LogP contribution in [0.25, 0.3) is 0 Å². The maximum absolute atomic E-state index is 3.10. The lowest BCUT2D eigenvalue weighted by Gasteiger charge is -2.06. The van der Waals surface area contributed by atoms with Gasteiger partial charge >= 0.3 is 0 Å². The van der Waals surface area contributed by atoms with Gasteiger partial charge in [0.05, 0.1) is 0 Å². The molecule has 0 heteroatoms. The second-order valence-corrected chi connectivity index (χ2v) is 3.53. The van der Waals surface area contributed by atoms with Crippen LogP contribution >= 0.6 is 0 Å². The second kappa shape index (κ2) is 4.13. The number of hydrogen-bond acceptors (Lipinski definition) is 0. The number of hydrogen-bond donors (Lipinski definition) is 0. The monoisotopic (exact) mass is 182 g/mol. The minimum absolute atomic E-state index is 1.07. The molecule has 0 spiro atoms. The summed E-state index contributed by atoms with van der Waals surface area (Å²) in [4.78, 5) is 0. The van der Waals surface area contributed by atoms with Gasteiger partial charge in [0.15, 0.2) is 0 Å². The number of fused-ring (bicyclic) bond motifs is 1. The van der Waals surface area contributed by atoms with Gasteiger partial charge in [-0.15, -0.1) is 5.73 Å². The van der Waals surface area contributed by atoms with E-state index in [1.165, 1.54) is 16.7 Å². The van der Waals surface area contributed by atoms with Gasteiger partial charge in [-0.05, 0) is 42.2 Å². The zero-order valence-electron chi connectivity index (χ0n) is 8.46. The molecule has 0 unspecified atom stereocenters. The van der Waals surface area contributed by atoms with E-state index in [0.717, 1.165) is 12.8 Å². The molecule has 0 aromatic carbocycles. The van der Waals surface area contributed by atoms with Gasteiger partial charge < -0.3 is 0 Å². The first-order chi connectivity index (χ1) is 6.90. The van der Waals surface area contributed by atoms with Gasteiger partial charge in [-0.2, -0.15) is 0 Å². The molecule has 0 aromatic heterocycles. The van der Waals surface area contributed by atoms with Gasteiger partial charge in [0.25, 0.3) is 0 Å². The van der Waals surface area contributed by atoms with Crippen molar-refractivity contribution in [2.45, 2.75) is 19.8 Å². The zero-order chi connectivity index (χ0) is 9.80. The van der Waals surface area contributed by atoms with E-state index in [-0.39, 0.29) is 0 Å². The van der Waals surface area contributed by atoms with E-state index in [2.05, 4.69) is 43.0 Å². The molecule has 2 rings (SSSR count). The lowest BCUT2D eigenvalue weighted by Crippen LogP contribution is -1.87. The van der Waals surface area contributed by atoms with Crippen LogP contribution in [-0.2, 0) is 0 Å². The Morgan fingerprint density at radius 1 is 1.21 bits per heavy atom. The fraction of sp³-hybridized carbons (Fsp3) is 0.214. The molecular weight excluding hydrogens is 168 g/mol. The Morgan fingerprint density at radius 2 is 2.07 bits per heavy atom. The van der Waals surface area contributed by atoms with Crippen LogP contribution in [0.15, 0.2) is 65.0 Å². The SMILES string of the molecule is CCC1=CC=CC2=CC=C=CC=C2C1. The third-order valence-corrected chi connectivity index (χ3v) is 2.59. The Kier molecular flexibility index (Phi) is 2.67. The highest BCUT2D eigenvalue weighted by molar-refractivity contribution is 5.49. The minimum Gasteiger partial charge on any atom is -0.121 e. The molecule has 0 heterocycles. The van der Waals surface area contributed by atoms with Crippen molar-refractivity contribution in [1.29, 1.82) is 0 Å². The molecule has 0 fully saturated rings. The van der Waals surface area contributed by atoms with Crippen molar-refractivity contribution in [3.63, 3.8) is 0 Å². The largest absolute Gasteiger partial charge is 0.121 e. The van der Waals surface area contributed by atoms with Crippen LogP contribution in [0.1, 0.15) is 19.8 Å². The van der Waals surface area contributed by atoms with E-state index >= 15 is 0 Å². The average molecular weight is 182 g/mol. The third-order valence-electron chi connectivity index (χ3n) is 2.59. The number of rotatable bonds is 1. The van der Waals surface area contributed by atoms with E-state index in [1.54, 1.807) is 0 Å². The van der Waals surface area contributed by atoms with Gasteiger partial charge in [-0.1, -0.05) is 36.8 Å². The molecule has 0 amide bonds. The summed E-state index contributed by atoms with van der Waals surface area (Å²) in [6, 6.07) is 0. The molecule has 0 bridgehead atoms. The predicted octanol–water partition coefficient (Wildman–Crippen LogP) is 3.86. The summed E-state index contributed by atoms with van der Waals surface area (Å²) in [6.07, 6.45) is 17.0. The van der Waals surface area contributed by atoms with Crippen molar-refractivity contribution in [3.05, 3.63) is 65.0 Å². The highest BCUT2D eigenvalue weighted by atomic mass is 14.1. The summed E-state index contributed by atoms with van der Waals surface area (Å²) >= 11 is 0. The Labute approximate surface area is 85.3 Å². The Balaban J connectivity index is 2.36. The second-order valence-electron chi connectivity index (χ2n) is 3.53. The summed E-state index contributed by atoms with van der Waals surface area (Å²) in [5.74, 6) is 0. The smallest absolute Gasteiger partial charge is 0.00579 e. The highest BCUT2D eigenvalue weighted by Crippen LogP contribution is 2.26. The lowest BCUT2D eigenvalue weighted by atomic mass is 9.98. The summed E-state index contributed by atoms with van der Waals surface area (Å²) < 4.78 is 0.